The van der Waals surface area contributed by atoms with Crippen LogP contribution < -0.4 is 11.0 Å². The molecule has 7 nitrogen and oxygen atoms in total. The molecule has 1 aromatic carbocycles. The Kier molecular flexibility index (Phi) is 5.33. The molecule has 0 saturated heterocycles. The second-order valence-electron chi connectivity index (χ2n) is 7.40. The molecule has 0 unspecified atom stereocenters. The molecule has 31 heavy (non-hydrogen) atoms. The first-order valence-electron chi connectivity index (χ1n) is 9.64. The minimum absolute atomic E-state index is 0.0759. The Balaban J connectivity index is 1.44. The Bertz CT molecular complexity index is 1420. The summed E-state index contributed by atoms with van der Waals surface area (Å²) in [5.74, 6) is 0.525. The average molecular weight is 544 g/mol. The van der Waals surface area contributed by atoms with Crippen LogP contribution in [-0.2, 0) is 19.5 Å². The van der Waals surface area contributed by atoms with Crippen LogP contribution in [-0.4, -0.2) is 26.4 Å². The second kappa shape index (κ2) is 8.14. The molecular weight excluding hydrogens is 528 g/mol. The van der Waals surface area contributed by atoms with E-state index in [1.165, 1.54) is 6.26 Å². The van der Waals surface area contributed by atoms with E-state index in [9.17, 15) is 9.59 Å². The van der Waals surface area contributed by atoms with Gasteiger partial charge in [0.15, 0.2) is 11.0 Å². The van der Waals surface area contributed by atoms with E-state index in [-0.39, 0.29) is 11.0 Å². The maximum Gasteiger partial charge on any atom is 0.255 e. The van der Waals surface area contributed by atoms with Crippen molar-refractivity contribution in [3.05, 3.63) is 89.3 Å². The number of benzene rings is 1. The largest absolute Gasteiger partial charge is 0.463 e. The van der Waals surface area contributed by atoms with Gasteiger partial charge in [-0.1, -0.05) is 15.9 Å². The topological polar surface area (TPSA) is 92.1 Å². The zero-order valence-corrected chi connectivity index (χ0v) is 19.4. The highest BCUT2D eigenvalue weighted by atomic mass is 79.9. The summed E-state index contributed by atoms with van der Waals surface area (Å²) in [5, 5.41) is 0.511. The van der Waals surface area contributed by atoms with Crippen LogP contribution in [0.2, 0.25) is 0 Å². The molecule has 0 radical (unpaired) electrons. The van der Waals surface area contributed by atoms with Gasteiger partial charge in [-0.05, 0) is 40.2 Å². The lowest BCUT2D eigenvalue weighted by Crippen LogP contribution is -2.36. The fourth-order valence-corrected chi connectivity index (χ4v) is 5.13. The molecule has 0 amide bonds. The lowest BCUT2D eigenvalue weighted by molar-refractivity contribution is 0.239. The Hall–Kier alpha value is -2.62. The number of fused-ring (bicyclic) bond motifs is 2. The minimum Gasteiger partial charge on any atom is -0.463 e. The van der Waals surface area contributed by atoms with Crippen molar-refractivity contribution in [3.63, 3.8) is 0 Å². The third-order valence-corrected chi connectivity index (χ3v) is 6.39. The van der Waals surface area contributed by atoms with Crippen molar-refractivity contribution >= 4 is 42.8 Å². The van der Waals surface area contributed by atoms with Crippen molar-refractivity contribution in [2.75, 3.05) is 6.54 Å². The van der Waals surface area contributed by atoms with Crippen LogP contribution in [0.1, 0.15) is 16.8 Å². The number of pyridine rings is 1. The third-order valence-electron chi connectivity index (χ3n) is 5.34. The van der Waals surface area contributed by atoms with Gasteiger partial charge < -0.3 is 9.40 Å². The van der Waals surface area contributed by atoms with Crippen molar-refractivity contribution in [1.29, 1.82) is 0 Å². The van der Waals surface area contributed by atoms with Crippen molar-refractivity contribution < 1.29 is 4.42 Å². The summed E-state index contributed by atoms with van der Waals surface area (Å²) in [5.41, 5.74) is 3.03. The minimum atomic E-state index is -0.160. The second-order valence-corrected chi connectivity index (χ2v) is 9.17. The zero-order chi connectivity index (χ0) is 21.5. The Labute approximate surface area is 193 Å². The van der Waals surface area contributed by atoms with Crippen LogP contribution in [0.5, 0.6) is 0 Å². The molecule has 0 atom stereocenters. The number of nitrogens with one attached hydrogen (secondary N) is 1. The summed E-state index contributed by atoms with van der Waals surface area (Å²) >= 11 is 6.85. The first-order valence-corrected chi connectivity index (χ1v) is 11.2. The Morgan fingerprint density at radius 1 is 1.23 bits per heavy atom. The van der Waals surface area contributed by atoms with Gasteiger partial charge in [-0.2, -0.15) is 0 Å². The number of nitrogens with zero attached hydrogens (tertiary/aromatic N) is 3. The number of aromatic nitrogens is 3. The van der Waals surface area contributed by atoms with E-state index in [2.05, 4.69) is 51.7 Å². The molecule has 0 fully saturated rings. The monoisotopic (exact) mass is 542 g/mol. The van der Waals surface area contributed by atoms with Gasteiger partial charge in [-0.3, -0.25) is 19.5 Å². The molecule has 3 aromatic heterocycles. The third kappa shape index (κ3) is 3.88. The first kappa shape index (κ1) is 20.3. The molecule has 5 rings (SSSR count). The number of H-pyrrole nitrogens is 1. The van der Waals surface area contributed by atoms with Crippen LogP contribution in [0, 0.1) is 0 Å². The quantitative estimate of drug-likeness (QED) is 0.419. The summed E-state index contributed by atoms with van der Waals surface area (Å²) in [6.07, 6.45) is 5.49. The molecule has 4 aromatic rings. The Morgan fingerprint density at radius 3 is 2.90 bits per heavy atom. The van der Waals surface area contributed by atoms with Crippen molar-refractivity contribution in [2.45, 2.75) is 19.5 Å². The van der Waals surface area contributed by atoms with Gasteiger partial charge in [0, 0.05) is 54.0 Å². The molecule has 156 valence electrons. The van der Waals surface area contributed by atoms with Crippen LogP contribution >= 0.6 is 31.9 Å². The summed E-state index contributed by atoms with van der Waals surface area (Å²) in [6.45, 7) is 1.51. The number of halogens is 2. The summed E-state index contributed by atoms with van der Waals surface area (Å²) in [4.78, 5) is 39.4. The van der Waals surface area contributed by atoms with Crippen LogP contribution in [0.3, 0.4) is 0 Å². The van der Waals surface area contributed by atoms with E-state index in [0.717, 1.165) is 20.2 Å². The average Bonchev–Trinajstić information content (AvgIpc) is 2.77. The van der Waals surface area contributed by atoms with Gasteiger partial charge in [-0.25, -0.2) is 4.98 Å². The zero-order valence-electron chi connectivity index (χ0n) is 16.2. The fraction of sp³-hybridized carbons (Fsp3) is 0.182. The normalized spacial score (nSPS) is 14.0. The van der Waals surface area contributed by atoms with Crippen LogP contribution in [0.4, 0.5) is 0 Å². The number of rotatable bonds is 3. The molecule has 4 heterocycles. The predicted octanol–water partition coefficient (Wildman–Crippen LogP) is 4.02. The summed E-state index contributed by atoms with van der Waals surface area (Å²) < 4.78 is 7.24. The van der Waals surface area contributed by atoms with Gasteiger partial charge in [-0.15, -0.1) is 0 Å². The number of hydrogen-bond acceptors (Lipinski definition) is 6. The molecule has 0 spiro atoms. The number of hydrogen-bond donors (Lipinski definition) is 1. The van der Waals surface area contributed by atoms with Gasteiger partial charge >= 0.3 is 0 Å². The maximum atomic E-state index is 13.0. The lowest BCUT2D eigenvalue weighted by atomic mass is 10.1. The van der Waals surface area contributed by atoms with E-state index in [0.29, 0.717) is 54.0 Å². The predicted molar refractivity (Wildman–Crippen MR) is 124 cm³/mol. The van der Waals surface area contributed by atoms with E-state index in [1.54, 1.807) is 18.5 Å². The van der Waals surface area contributed by atoms with Crippen molar-refractivity contribution in [3.8, 4) is 11.4 Å². The Morgan fingerprint density at radius 2 is 2.10 bits per heavy atom. The molecule has 0 aliphatic carbocycles. The highest BCUT2D eigenvalue weighted by Gasteiger charge is 2.23. The highest BCUT2D eigenvalue weighted by Crippen LogP contribution is 2.27. The van der Waals surface area contributed by atoms with Crippen molar-refractivity contribution in [2.24, 2.45) is 0 Å². The van der Waals surface area contributed by atoms with E-state index in [1.807, 2.05) is 18.2 Å². The fourth-order valence-electron chi connectivity index (χ4n) is 3.81. The highest BCUT2D eigenvalue weighted by molar-refractivity contribution is 9.11. The first-order chi connectivity index (χ1) is 15.0. The van der Waals surface area contributed by atoms with Crippen molar-refractivity contribution in [1.82, 2.24) is 19.9 Å². The van der Waals surface area contributed by atoms with E-state index >= 15 is 0 Å². The molecule has 0 saturated carbocycles. The SMILES string of the molecule is O=c1[nH]c(-c2cccnc2)nc2c1CN(Cc1coc3c(Br)cc(Br)cc3c1=O)CC2. The van der Waals surface area contributed by atoms with Gasteiger partial charge in [0.1, 0.15) is 5.82 Å². The standard InChI is InChI=1S/C22H16Br2N4O3/c23-14-6-15-19(29)13(11-31-20(15)17(24)7-14)9-28-5-3-18-16(10-28)22(30)27-21(26-18)12-2-1-4-25-8-12/h1-2,4,6-8,11H,3,5,9-10H2,(H,26,27,30). The molecule has 1 N–H and O–H groups in total. The summed E-state index contributed by atoms with van der Waals surface area (Å²) in [7, 11) is 0. The summed E-state index contributed by atoms with van der Waals surface area (Å²) in [6, 6.07) is 7.27. The maximum absolute atomic E-state index is 13.0. The van der Waals surface area contributed by atoms with Crippen LogP contribution in [0.25, 0.3) is 22.4 Å². The van der Waals surface area contributed by atoms with Crippen LogP contribution in [0.15, 0.2) is 65.9 Å². The lowest BCUT2D eigenvalue weighted by Gasteiger charge is -2.27. The van der Waals surface area contributed by atoms with Gasteiger partial charge in [0.05, 0.1) is 27.4 Å². The molecule has 0 bridgehead atoms. The smallest absolute Gasteiger partial charge is 0.255 e. The molecule has 9 heteroatoms. The number of aromatic amines is 1. The van der Waals surface area contributed by atoms with Gasteiger partial charge in [0.2, 0.25) is 0 Å². The molecular formula is C22H16Br2N4O3. The molecule has 1 aliphatic rings. The molecule has 1 aliphatic heterocycles. The van der Waals surface area contributed by atoms with E-state index < -0.39 is 0 Å². The van der Waals surface area contributed by atoms with E-state index in [4.69, 9.17) is 4.42 Å². The van der Waals surface area contributed by atoms with Gasteiger partial charge in [0.25, 0.3) is 5.56 Å².